The fraction of sp³-hybridized carbons (Fsp3) is 1.00. The first kappa shape index (κ1) is 17.2. The molecule has 0 unspecified atom stereocenters. The second kappa shape index (κ2) is 13.8. The Labute approximate surface area is 98.4 Å². The second-order valence-electron chi connectivity index (χ2n) is 4.06. The van der Waals surface area contributed by atoms with Crippen molar-refractivity contribution in [1.29, 1.82) is 0 Å². The molecule has 0 aromatic heterocycles. The van der Waals surface area contributed by atoms with Gasteiger partial charge < -0.3 is 6.15 Å². The van der Waals surface area contributed by atoms with Crippen molar-refractivity contribution in [3.8, 4) is 0 Å². The van der Waals surface area contributed by atoms with Crippen LogP contribution in [0.2, 0.25) is 13.3 Å². The summed E-state index contributed by atoms with van der Waals surface area (Å²) < 4.78 is 5.04. The van der Waals surface area contributed by atoms with E-state index < -0.39 is 19.8 Å². The van der Waals surface area contributed by atoms with Crippen LogP contribution in [0.3, 0.4) is 0 Å². The van der Waals surface area contributed by atoms with Gasteiger partial charge in [-0.25, -0.2) is 0 Å². The Bertz CT molecular complexity index is 77.3. The van der Waals surface area contributed by atoms with E-state index in [1.165, 1.54) is 38.5 Å². The molecular formula is C12H30NSn+. The maximum atomic E-state index is 2.33. The molecule has 0 aliphatic carbocycles. The topological polar surface area (TPSA) is 35.0 Å². The zero-order valence-corrected chi connectivity index (χ0v) is 13.4. The van der Waals surface area contributed by atoms with Crippen molar-refractivity contribution >= 4 is 19.8 Å². The Kier molecular flexibility index (Phi) is 16.9. The van der Waals surface area contributed by atoms with E-state index in [4.69, 9.17) is 0 Å². The van der Waals surface area contributed by atoms with Gasteiger partial charge in [0, 0.05) is 0 Å². The Morgan fingerprint density at radius 1 is 0.643 bits per heavy atom. The monoisotopic (exact) mass is 308 g/mol. The summed E-state index contributed by atoms with van der Waals surface area (Å²) in [5.41, 5.74) is 0. The summed E-state index contributed by atoms with van der Waals surface area (Å²) in [5, 5.41) is 0. The first-order valence-electron chi connectivity index (χ1n) is 6.18. The third-order valence-corrected chi connectivity index (χ3v) is 11.7. The number of hydrogen-bond donors (Lipinski definition) is 1. The summed E-state index contributed by atoms with van der Waals surface area (Å²) in [4.78, 5) is 0. The Morgan fingerprint density at radius 2 is 0.929 bits per heavy atom. The normalized spacial score (nSPS) is 9.64. The van der Waals surface area contributed by atoms with Crippen LogP contribution in [0.4, 0.5) is 0 Å². The first-order valence-corrected chi connectivity index (χ1v) is 12.2. The van der Waals surface area contributed by atoms with Gasteiger partial charge in [-0.3, -0.25) is 0 Å². The first-order chi connectivity index (χ1) is 6.35. The molecule has 0 saturated heterocycles. The molecule has 0 fully saturated rings. The van der Waals surface area contributed by atoms with Crippen LogP contribution in [-0.2, 0) is 0 Å². The number of rotatable bonds is 9. The molecule has 0 aliphatic rings. The average Bonchev–Trinajstić information content (AvgIpc) is 2.17. The van der Waals surface area contributed by atoms with Crippen molar-refractivity contribution in [2.45, 2.75) is 72.6 Å². The van der Waals surface area contributed by atoms with Crippen LogP contribution in [-0.4, -0.2) is 19.8 Å². The fourth-order valence-electron chi connectivity index (χ4n) is 1.66. The zero-order valence-electron chi connectivity index (χ0n) is 10.6. The van der Waals surface area contributed by atoms with Gasteiger partial charge in [0.15, 0.2) is 0 Å². The van der Waals surface area contributed by atoms with Gasteiger partial charge in [0.05, 0.1) is 0 Å². The summed E-state index contributed by atoms with van der Waals surface area (Å²) in [6.45, 7) is 7.00. The molecule has 0 saturated carbocycles. The van der Waals surface area contributed by atoms with E-state index >= 15 is 0 Å². The molecule has 0 rings (SSSR count). The summed E-state index contributed by atoms with van der Waals surface area (Å²) in [6, 6.07) is 0. The van der Waals surface area contributed by atoms with E-state index in [-0.39, 0.29) is 6.15 Å². The van der Waals surface area contributed by atoms with Crippen molar-refractivity contribution in [2.24, 2.45) is 0 Å². The molecule has 0 radical (unpaired) electrons. The van der Waals surface area contributed by atoms with Gasteiger partial charge >= 0.3 is 92.4 Å². The van der Waals surface area contributed by atoms with E-state index in [1.807, 2.05) is 0 Å². The molecule has 0 bridgehead atoms. The van der Waals surface area contributed by atoms with E-state index in [1.54, 1.807) is 13.3 Å². The Hall–Kier alpha value is 0.759. The van der Waals surface area contributed by atoms with Crippen molar-refractivity contribution in [2.75, 3.05) is 0 Å². The van der Waals surface area contributed by atoms with Crippen molar-refractivity contribution in [3.05, 3.63) is 0 Å². The van der Waals surface area contributed by atoms with Crippen LogP contribution in [0.15, 0.2) is 0 Å². The number of unbranched alkanes of at least 4 members (excludes halogenated alkanes) is 3. The van der Waals surface area contributed by atoms with E-state index in [9.17, 15) is 0 Å². The van der Waals surface area contributed by atoms with Crippen molar-refractivity contribution in [3.63, 3.8) is 0 Å². The van der Waals surface area contributed by atoms with Crippen LogP contribution in [0, 0.1) is 0 Å². The molecule has 0 atom stereocenters. The molecule has 3 N–H and O–H groups in total. The maximum absolute atomic E-state index is 2.33. The minimum atomic E-state index is -0.839. The predicted molar refractivity (Wildman–Crippen MR) is 69.9 cm³/mol. The van der Waals surface area contributed by atoms with Crippen molar-refractivity contribution < 1.29 is 0 Å². The Morgan fingerprint density at radius 3 is 1.14 bits per heavy atom. The van der Waals surface area contributed by atoms with E-state index in [2.05, 4.69) is 20.8 Å². The van der Waals surface area contributed by atoms with Crippen LogP contribution >= 0.6 is 0 Å². The minimum Gasteiger partial charge on any atom is -0.344 e. The summed E-state index contributed by atoms with van der Waals surface area (Å²) in [5.74, 6) is 0. The van der Waals surface area contributed by atoms with Crippen LogP contribution in [0.25, 0.3) is 0 Å². The van der Waals surface area contributed by atoms with Gasteiger partial charge in [-0.15, -0.1) is 0 Å². The Balaban J connectivity index is 0. The molecule has 0 heterocycles. The van der Waals surface area contributed by atoms with Gasteiger partial charge in [-0.2, -0.15) is 0 Å². The van der Waals surface area contributed by atoms with Gasteiger partial charge in [0.2, 0.25) is 0 Å². The third-order valence-electron chi connectivity index (χ3n) is 2.65. The summed E-state index contributed by atoms with van der Waals surface area (Å²) in [7, 11) is 0. The fourth-order valence-corrected chi connectivity index (χ4v) is 11.1. The summed E-state index contributed by atoms with van der Waals surface area (Å²) >= 11 is -0.839. The number of hydrogen-bond acceptors (Lipinski definition) is 1. The largest absolute Gasteiger partial charge is 0.344 e. The molecule has 86 valence electrons. The molecule has 0 aromatic rings. The zero-order chi connectivity index (χ0) is 9.94. The molecule has 0 amide bonds. The SMILES string of the molecule is CCC[CH2][Sn+]([CH2]CCC)[CH2]CCC.N. The standard InChI is InChI=1S/3C4H9.H3N.Sn/c3*1-3-4-2;;/h3*1,3-4H2,2H3;1H3;/q;;;;+1. The van der Waals surface area contributed by atoms with Gasteiger partial charge in [-0.05, 0) is 0 Å². The van der Waals surface area contributed by atoms with Gasteiger partial charge in [0.1, 0.15) is 0 Å². The molecule has 1 nitrogen and oxygen atoms in total. The second-order valence-corrected chi connectivity index (χ2v) is 12.6. The van der Waals surface area contributed by atoms with E-state index in [0.717, 1.165) is 0 Å². The van der Waals surface area contributed by atoms with Crippen molar-refractivity contribution in [1.82, 2.24) is 6.15 Å². The minimum absolute atomic E-state index is 0. The predicted octanol–water partition coefficient (Wildman–Crippen LogP) is 5.04. The molecule has 0 aromatic carbocycles. The molecule has 0 spiro atoms. The van der Waals surface area contributed by atoms with Gasteiger partial charge in [0.25, 0.3) is 0 Å². The van der Waals surface area contributed by atoms with Crippen LogP contribution in [0.1, 0.15) is 59.3 Å². The van der Waals surface area contributed by atoms with Crippen LogP contribution in [0.5, 0.6) is 0 Å². The molecular weight excluding hydrogens is 277 g/mol. The third kappa shape index (κ3) is 10.8. The smallest absolute Gasteiger partial charge is 0.344 e. The molecule has 0 aliphatic heterocycles. The quantitative estimate of drug-likeness (QED) is 0.595. The summed E-state index contributed by atoms with van der Waals surface area (Å²) in [6.07, 6.45) is 8.85. The molecule has 2 heteroatoms. The van der Waals surface area contributed by atoms with Crippen LogP contribution < -0.4 is 6.15 Å². The van der Waals surface area contributed by atoms with Gasteiger partial charge in [-0.1, -0.05) is 0 Å². The molecule has 14 heavy (non-hydrogen) atoms. The average molecular weight is 307 g/mol. The maximum Gasteiger partial charge on any atom is -0.344 e. The van der Waals surface area contributed by atoms with E-state index in [0.29, 0.717) is 0 Å².